The molecule has 1 amide bonds. The summed E-state index contributed by atoms with van der Waals surface area (Å²) < 4.78 is 17.3. The lowest BCUT2D eigenvalue weighted by atomic mass is 9.78. The Hall–Kier alpha value is -3.40. The summed E-state index contributed by atoms with van der Waals surface area (Å²) in [5, 5.41) is 32.7. The third kappa shape index (κ3) is 10.1. The minimum absolute atomic E-state index is 0.0292. The van der Waals surface area contributed by atoms with E-state index in [1.165, 1.54) is 26.0 Å². The maximum Gasteiger partial charge on any atom is 0.415 e. The minimum atomic E-state index is -1.37. The lowest BCUT2D eigenvalue weighted by Crippen LogP contribution is -2.33. The SMILES string of the molecule is CC1=CC(c2c([N+](=O)[O-])cc(CCOCCCN)c(CCOCCCN)c2CCOCCCN)C(C(=O)O)=C(C)N1C(=O)O. The predicted molar refractivity (Wildman–Crippen MR) is 164 cm³/mol. The van der Waals surface area contributed by atoms with Crippen molar-refractivity contribution in [1.82, 2.24) is 4.90 Å². The maximum absolute atomic E-state index is 12.6. The molecule has 14 nitrogen and oxygen atoms in total. The third-order valence-corrected chi connectivity index (χ3v) is 7.38. The van der Waals surface area contributed by atoms with Crippen molar-refractivity contribution in [2.24, 2.45) is 17.2 Å². The number of nitrogens with two attached hydrogens (primary N) is 3. The van der Waals surface area contributed by atoms with Gasteiger partial charge in [-0.05, 0) is 88.7 Å². The minimum Gasteiger partial charge on any atom is -0.478 e. The van der Waals surface area contributed by atoms with Gasteiger partial charge in [0.25, 0.3) is 5.69 Å². The standard InChI is InChI=1S/C30H47N5O9/c1-20-18-25(27(29(36)37)21(2)34(20)30(38)39)28-24(8-17-44-14-5-11-33)23(7-16-43-13-4-10-32)22(19-26(28)35(40)41)6-15-42-12-3-9-31/h18-19,25H,3-17,31-33H2,1-2H3,(H,36,37)(H,38,39). The highest BCUT2D eigenvalue weighted by Gasteiger charge is 2.38. The van der Waals surface area contributed by atoms with Crippen molar-refractivity contribution in [3.63, 3.8) is 0 Å². The molecule has 1 aromatic carbocycles. The number of hydrogen-bond acceptors (Lipinski definition) is 10. The van der Waals surface area contributed by atoms with Gasteiger partial charge in [-0.1, -0.05) is 6.08 Å². The van der Waals surface area contributed by atoms with Crippen LogP contribution in [-0.2, 0) is 38.3 Å². The molecule has 1 unspecified atom stereocenters. The van der Waals surface area contributed by atoms with E-state index in [4.69, 9.17) is 31.4 Å². The number of nitrogens with zero attached hydrogens (tertiary/aromatic N) is 2. The molecule has 246 valence electrons. The summed E-state index contributed by atoms with van der Waals surface area (Å²) in [6.45, 7) is 6.45. The van der Waals surface area contributed by atoms with Crippen LogP contribution in [0.4, 0.5) is 10.5 Å². The summed E-state index contributed by atoms with van der Waals surface area (Å²) in [6.07, 6.45) is 3.11. The molecular weight excluding hydrogens is 574 g/mol. The van der Waals surface area contributed by atoms with Crippen molar-refractivity contribution in [3.8, 4) is 0 Å². The molecule has 1 heterocycles. The molecule has 0 fully saturated rings. The Morgan fingerprint density at radius 2 is 1.36 bits per heavy atom. The first-order chi connectivity index (χ1) is 21.1. The fourth-order valence-electron chi connectivity index (χ4n) is 5.37. The number of hydrogen-bond donors (Lipinski definition) is 5. The summed E-state index contributed by atoms with van der Waals surface area (Å²) in [7, 11) is 0. The zero-order chi connectivity index (χ0) is 32.6. The summed E-state index contributed by atoms with van der Waals surface area (Å²) >= 11 is 0. The normalized spacial score (nSPS) is 15.1. The first kappa shape index (κ1) is 36.8. The Kier molecular flexibility index (Phi) is 16.0. The molecule has 2 rings (SSSR count). The van der Waals surface area contributed by atoms with Gasteiger partial charge in [-0.15, -0.1) is 0 Å². The summed E-state index contributed by atoms with van der Waals surface area (Å²) in [5.74, 6) is -2.46. The van der Waals surface area contributed by atoms with E-state index in [1.807, 2.05) is 0 Å². The van der Waals surface area contributed by atoms with Crippen LogP contribution < -0.4 is 17.2 Å². The molecular formula is C30H47N5O9. The van der Waals surface area contributed by atoms with Gasteiger partial charge in [-0.25, -0.2) is 9.59 Å². The van der Waals surface area contributed by atoms with Crippen LogP contribution in [-0.4, -0.2) is 91.4 Å². The summed E-state index contributed by atoms with van der Waals surface area (Å²) in [6, 6.07) is 1.48. The molecule has 0 saturated heterocycles. The number of benzene rings is 1. The smallest absolute Gasteiger partial charge is 0.415 e. The Bertz CT molecular complexity index is 1200. The number of carboxylic acid groups (broad SMARTS) is 2. The number of allylic oxidation sites excluding steroid dienone is 3. The molecule has 0 bridgehead atoms. The highest BCUT2D eigenvalue weighted by molar-refractivity contribution is 5.92. The van der Waals surface area contributed by atoms with Gasteiger partial charge in [0.05, 0.1) is 30.3 Å². The van der Waals surface area contributed by atoms with Crippen LogP contribution in [0.15, 0.2) is 29.1 Å². The van der Waals surface area contributed by atoms with E-state index in [2.05, 4.69) is 0 Å². The topological polar surface area (TPSA) is 227 Å². The first-order valence-electron chi connectivity index (χ1n) is 14.9. The van der Waals surface area contributed by atoms with E-state index in [0.29, 0.717) is 95.9 Å². The van der Waals surface area contributed by atoms with Crippen molar-refractivity contribution in [1.29, 1.82) is 0 Å². The summed E-state index contributed by atoms with van der Waals surface area (Å²) in [4.78, 5) is 37.6. The molecule has 0 aromatic heterocycles. The second-order valence-corrected chi connectivity index (χ2v) is 10.4. The van der Waals surface area contributed by atoms with E-state index in [0.717, 1.165) is 10.5 Å². The number of aliphatic carboxylic acids is 1. The van der Waals surface area contributed by atoms with Crippen LogP contribution in [0.25, 0.3) is 0 Å². The number of ether oxygens (including phenoxy) is 3. The Morgan fingerprint density at radius 1 is 0.864 bits per heavy atom. The lowest BCUT2D eigenvalue weighted by molar-refractivity contribution is -0.385. The van der Waals surface area contributed by atoms with Crippen LogP contribution in [0.1, 0.15) is 61.3 Å². The van der Waals surface area contributed by atoms with Crippen molar-refractivity contribution in [2.45, 2.75) is 58.3 Å². The van der Waals surface area contributed by atoms with Crippen LogP contribution in [0.2, 0.25) is 0 Å². The highest BCUT2D eigenvalue weighted by atomic mass is 16.6. The highest BCUT2D eigenvalue weighted by Crippen LogP contribution is 2.44. The summed E-state index contributed by atoms with van der Waals surface area (Å²) in [5.41, 5.74) is 18.7. The molecule has 14 heteroatoms. The molecule has 0 saturated carbocycles. The van der Waals surface area contributed by atoms with E-state index in [-0.39, 0.29) is 41.2 Å². The number of rotatable bonds is 21. The average Bonchev–Trinajstić information content (AvgIpc) is 2.96. The molecule has 8 N–H and O–H groups in total. The fourth-order valence-corrected chi connectivity index (χ4v) is 5.37. The van der Waals surface area contributed by atoms with Gasteiger partial charge in [0.15, 0.2) is 0 Å². The van der Waals surface area contributed by atoms with Gasteiger partial charge in [0.1, 0.15) is 0 Å². The number of carbonyl (C=O) groups is 2. The van der Waals surface area contributed by atoms with E-state index < -0.39 is 22.9 Å². The molecule has 0 spiro atoms. The second kappa shape index (κ2) is 19.1. The van der Waals surface area contributed by atoms with Crippen molar-refractivity contribution < 1.29 is 38.9 Å². The number of nitro groups is 1. The van der Waals surface area contributed by atoms with Gasteiger partial charge in [0, 0.05) is 48.8 Å². The first-order valence-corrected chi connectivity index (χ1v) is 14.9. The van der Waals surface area contributed by atoms with Gasteiger partial charge in [0.2, 0.25) is 0 Å². The lowest BCUT2D eigenvalue weighted by Gasteiger charge is -2.32. The van der Waals surface area contributed by atoms with E-state index in [1.54, 1.807) is 0 Å². The van der Waals surface area contributed by atoms with Gasteiger partial charge >= 0.3 is 12.1 Å². The number of amides is 1. The average molecular weight is 622 g/mol. The molecule has 1 aliphatic rings. The molecule has 0 radical (unpaired) electrons. The molecule has 1 aliphatic heterocycles. The van der Waals surface area contributed by atoms with Crippen molar-refractivity contribution >= 4 is 17.7 Å². The third-order valence-electron chi connectivity index (χ3n) is 7.38. The largest absolute Gasteiger partial charge is 0.478 e. The van der Waals surface area contributed by atoms with Crippen molar-refractivity contribution in [3.05, 3.63) is 61.5 Å². The van der Waals surface area contributed by atoms with Crippen LogP contribution in [0.5, 0.6) is 0 Å². The van der Waals surface area contributed by atoms with Crippen LogP contribution >= 0.6 is 0 Å². The zero-order valence-electron chi connectivity index (χ0n) is 25.7. The molecule has 0 aliphatic carbocycles. The van der Waals surface area contributed by atoms with E-state index >= 15 is 0 Å². The Balaban J connectivity index is 2.80. The van der Waals surface area contributed by atoms with Crippen LogP contribution in [0, 0.1) is 10.1 Å². The van der Waals surface area contributed by atoms with Gasteiger partial charge < -0.3 is 41.6 Å². The Morgan fingerprint density at radius 3 is 1.82 bits per heavy atom. The quantitative estimate of drug-likeness (QED) is 0.0758. The van der Waals surface area contributed by atoms with Gasteiger partial charge in [-0.3, -0.25) is 15.0 Å². The molecule has 44 heavy (non-hydrogen) atoms. The number of carboxylic acids is 1. The van der Waals surface area contributed by atoms with Gasteiger partial charge in [-0.2, -0.15) is 0 Å². The van der Waals surface area contributed by atoms with Crippen molar-refractivity contribution in [2.75, 3.05) is 59.3 Å². The van der Waals surface area contributed by atoms with Crippen LogP contribution in [0.3, 0.4) is 0 Å². The molecule has 1 aromatic rings. The van der Waals surface area contributed by atoms with E-state index in [9.17, 15) is 29.9 Å². The zero-order valence-corrected chi connectivity index (χ0v) is 25.7. The molecule has 1 atom stereocenters. The second-order valence-electron chi connectivity index (χ2n) is 10.4. The Labute approximate surface area is 257 Å². The maximum atomic E-state index is 12.6. The predicted octanol–water partition coefficient (Wildman–Crippen LogP) is 2.66. The monoisotopic (exact) mass is 621 g/mol. The number of nitro benzene ring substituents is 1. The fraction of sp³-hybridized carbons (Fsp3) is 0.600.